The van der Waals surface area contributed by atoms with Gasteiger partial charge in [-0.1, -0.05) is 42.5 Å². The van der Waals surface area contributed by atoms with E-state index in [2.05, 4.69) is 42.5 Å². The van der Waals surface area contributed by atoms with E-state index in [1.165, 1.54) is 22.8 Å². The van der Waals surface area contributed by atoms with Gasteiger partial charge in [-0.15, -0.1) is 0 Å². The van der Waals surface area contributed by atoms with E-state index < -0.39 is 0 Å². The van der Waals surface area contributed by atoms with E-state index in [4.69, 9.17) is 11.5 Å². The van der Waals surface area contributed by atoms with Crippen LogP contribution in [-0.2, 0) is 0 Å². The zero-order valence-corrected chi connectivity index (χ0v) is 12.5. The topological polar surface area (TPSA) is 52.0 Å². The molecule has 2 aliphatic rings. The van der Waals surface area contributed by atoms with Crippen LogP contribution in [0.25, 0.3) is 10.8 Å². The van der Waals surface area contributed by atoms with Crippen LogP contribution in [0.2, 0.25) is 0 Å². The summed E-state index contributed by atoms with van der Waals surface area (Å²) < 4.78 is 0. The van der Waals surface area contributed by atoms with Crippen molar-refractivity contribution < 1.29 is 0 Å². The third-order valence-corrected chi connectivity index (χ3v) is 5.69. The molecule has 0 aromatic heterocycles. The van der Waals surface area contributed by atoms with Crippen molar-refractivity contribution in [2.24, 2.45) is 17.4 Å². The summed E-state index contributed by atoms with van der Waals surface area (Å²) >= 11 is 0. The molecule has 4 N–H and O–H groups in total. The molecule has 0 aliphatic heterocycles. The normalized spacial score (nSPS) is 35.8. The summed E-state index contributed by atoms with van der Waals surface area (Å²) in [5, 5.41) is 2.67. The van der Waals surface area contributed by atoms with Gasteiger partial charge in [0, 0.05) is 11.6 Å². The number of benzene rings is 2. The molecular weight excluding hydrogens is 256 g/mol. The Hall–Kier alpha value is -1.38. The SMILES string of the molecule is NC1CCC(N)([C@H]2C[C@H]2c2ccc3ccccc3c2)CC1. The van der Waals surface area contributed by atoms with E-state index >= 15 is 0 Å². The Balaban J connectivity index is 1.55. The third-order valence-electron chi connectivity index (χ3n) is 5.69. The van der Waals surface area contributed by atoms with Gasteiger partial charge in [-0.25, -0.2) is 0 Å². The van der Waals surface area contributed by atoms with Gasteiger partial charge in [-0.2, -0.15) is 0 Å². The van der Waals surface area contributed by atoms with Crippen molar-refractivity contribution in [2.75, 3.05) is 0 Å². The van der Waals surface area contributed by atoms with E-state index in [9.17, 15) is 0 Å². The van der Waals surface area contributed by atoms with Gasteiger partial charge in [0.05, 0.1) is 0 Å². The molecule has 21 heavy (non-hydrogen) atoms. The molecule has 110 valence electrons. The molecule has 2 heteroatoms. The zero-order valence-electron chi connectivity index (χ0n) is 12.5. The highest BCUT2D eigenvalue weighted by molar-refractivity contribution is 5.83. The minimum atomic E-state index is 0.0339. The first kappa shape index (κ1) is 13.3. The summed E-state index contributed by atoms with van der Waals surface area (Å²) in [5.41, 5.74) is 14.2. The smallest absolute Gasteiger partial charge is 0.0190 e. The average Bonchev–Trinajstić information content (AvgIpc) is 3.31. The van der Waals surface area contributed by atoms with Gasteiger partial charge in [-0.3, -0.25) is 0 Å². The lowest BCUT2D eigenvalue weighted by molar-refractivity contribution is 0.239. The molecule has 2 aliphatic carbocycles. The maximum Gasteiger partial charge on any atom is 0.0190 e. The summed E-state index contributed by atoms with van der Waals surface area (Å²) in [6.07, 6.45) is 5.64. The lowest BCUT2D eigenvalue weighted by atomic mass is 9.76. The molecule has 0 saturated heterocycles. The van der Waals surface area contributed by atoms with Gasteiger partial charge in [0.25, 0.3) is 0 Å². The summed E-state index contributed by atoms with van der Waals surface area (Å²) in [5.74, 6) is 1.32. The van der Waals surface area contributed by atoms with Crippen molar-refractivity contribution in [3.8, 4) is 0 Å². The van der Waals surface area contributed by atoms with Gasteiger partial charge in [-0.05, 0) is 60.3 Å². The molecular formula is C19H24N2. The van der Waals surface area contributed by atoms with Crippen LogP contribution in [0, 0.1) is 5.92 Å². The van der Waals surface area contributed by atoms with E-state index in [-0.39, 0.29) is 5.54 Å². The Bertz CT molecular complexity index is 655. The molecule has 0 amide bonds. The van der Waals surface area contributed by atoms with E-state index in [0.29, 0.717) is 17.9 Å². The largest absolute Gasteiger partial charge is 0.328 e. The van der Waals surface area contributed by atoms with Crippen LogP contribution in [0.1, 0.15) is 43.6 Å². The Labute approximate surface area is 126 Å². The second-order valence-electron chi connectivity index (χ2n) is 7.13. The maximum atomic E-state index is 6.71. The van der Waals surface area contributed by atoms with E-state index in [0.717, 1.165) is 25.7 Å². The molecule has 0 unspecified atom stereocenters. The van der Waals surface area contributed by atoms with Gasteiger partial charge in [0.15, 0.2) is 0 Å². The van der Waals surface area contributed by atoms with Gasteiger partial charge in [0.2, 0.25) is 0 Å². The highest BCUT2D eigenvalue weighted by atomic mass is 14.8. The zero-order chi connectivity index (χ0) is 14.4. The third kappa shape index (κ3) is 2.37. The summed E-state index contributed by atoms with van der Waals surface area (Å²) in [4.78, 5) is 0. The fourth-order valence-corrected chi connectivity index (χ4v) is 4.19. The minimum absolute atomic E-state index is 0.0339. The number of rotatable bonds is 2. The van der Waals surface area contributed by atoms with Crippen molar-refractivity contribution in [3.63, 3.8) is 0 Å². The van der Waals surface area contributed by atoms with Crippen molar-refractivity contribution in [2.45, 2.75) is 49.6 Å². The van der Waals surface area contributed by atoms with Crippen molar-refractivity contribution in [1.29, 1.82) is 0 Å². The Morgan fingerprint density at radius 3 is 2.43 bits per heavy atom. The Morgan fingerprint density at radius 2 is 1.67 bits per heavy atom. The van der Waals surface area contributed by atoms with E-state index in [1.54, 1.807) is 0 Å². The summed E-state index contributed by atoms with van der Waals surface area (Å²) in [6, 6.07) is 15.9. The van der Waals surface area contributed by atoms with Crippen LogP contribution < -0.4 is 11.5 Å². The van der Waals surface area contributed by atoms with E-state index in [1.807, 2.05) is 0 Å². The highest BCUT2D eigenvalue weighted by Crippen LogP contribution is 2.56. The van der Waals surface area contributed by atoms with Crippen LogP contribution in [0.15, 0.2) is 42.5 Å². The average molecular weight is 280 g/mol. The second-order valence-corrected chi connectivity index (χ2v) is 7.13. The van der Waals surface area contributed by atoms with Gasteiger partial charge in [0.1, 0.15) is 0 Å². The van der Waals surface area contributed by atoms with Gasteiger partial charge < -0.3 is 11.5 Å². The molecule has 0 bridgehead atoms. The van der Waals surface area contributed by atoms with Crippen LogP contribution in [-0.4, -0.2) is 11.6 Å². The second kappa shape index (κ2) is 4.82. The maximum absolute atomic E-state index is 6.71. The van der Waals surface area contributed by atoms with Crippen molar-refractivity contribution in [3.05, 3.63) is 48.0 Å². The fraction of sp³-hybridized carbons (Fsp3) is 0.474. The van der Waals surface area contributed by atoms with Crippen LogP contribution in [0.3, 0.4) is 0 Å². The Kier molecular flexibility index (Phi) is 3.05. The predicted molar refractivity (Wildman–Crippen MR) is 88.2 cm³/mol. The summed E-state index contributed by atoms with van der Waals surface area (Å²) in [6.45, 7) is 0. The Morgan fingerprint density at radius 1 is 0.952 bits per heavy atom. The molecule has 0 heterocycles. The predicted octanol–water partition coefficient (Wildman–Crippen LogP) is 3.54. The molecule has 2 nitrogen and oxygen atoms in total. The molecule has 4 rings (SSSR count). The standard InChI is InChI=1S/C19H24N2/c20-16-7-9-19(21,10-8-16)18-12-17(18)15-6-5-13-3-1-2-4-14(13)11-15/h1-6,11,16-18H,7-10,12,20-21H2/t16?,17-,18-,19?/m0/s1. The number of hydrogen-bond acceptors (Lipinski definition) is 2. The molecule has 2 saturated carbocycles. The molecule has 2 aromatic rings. The molecule has 0 spiro atoms. The quantitative estimate of drug-likeness (QED) is 0.884. The fourth-order valence-electron chi connectivity index (χ4n) is 4.19. The highest BCUT2D eigenvalue weighted by Gasteiger charge is 2.51. The first-order valence-corrected chi connectivity index (χ1v) is 8.19. The monoisotopic (exact) mass is 280 g/mol. The number of fused-ring (bicyclic) bond motifs is 1. The molecule has 2 aromatic carbocycles. The molecule has 2 atom stereocenters. The van der Waals surface area contributed by atoms with Crippen molar-refractivity contribution >= 4 is 10.8 Å². The number of hydrogen-bond donors (Lipinski definition) is 2. The molecule has 0 radical (unpaired) electrons. The minimum Gasteiger partial charge on any atom is -0.328 e. The number of nitrogens with two attached hydrogens (primary N) is 2. The lowest BCUT2D eigenvalue weighted by Gasteiger charge is -2.36. The van der Waals surface area contributed by atoms with Crippen molar-refractivity contribution in [1.82, 2.24) is 0 Å². The summed E-state index contributed by atoms with van der Waals surface area (Å²) in [7, 11) is 0. The van der Waals surface area contributed by atoms with Crippen LogP contribution in [0.4, 0.5) is 0 Å². The first-order chi connectivity index (χ1) is 10.2. The molecule has 2 fully saturated rings. The first-order valence-electron chi connectivity index (χ1n) is 8.19. The lowest BCUT2D eigenvalue weighted by Crippen LogP contribution is -2.48. The van der Waals surface area contributed by atoms with Crippen LogP contribution >= 0.6 is 0 Å². The van der Waals surface area contributed by atoms with Crippen LogP contribution in [0.5, 0.6) is 0 Å². The van der Waals surface area contributed by atoms with Gasteiger partial charge >= 0.3 is 0 Å².